The van der Waals surface area contributed by atoms with Crippen molar-refractivity contribution in [3.63, 3.8) is 0 Å². The highest BCUT2D eigenvalue weighted by molar-refractivity contribution is 7.92. The molecule has 0 unspecified atom stereocenters. The number of fused-ring (bicyclic) bond motifs is 1. The van der Waals surface area contributed by atoms with Crippen LogP contribution in [0.15, 0.2) is 58.6 Å². The van der Waals surface area contributed by atoms with E-state index in [2.05, 4.69) is 15.1 Å². The minimum Gasteiger partial charge on any atom is -0.345 e. The molecule has 15 heteroatoms. The zero-order chi connectivity index (χ0) is 29.3. The highest BCUT2D eigenvalue weighted by Crippen LogP contribution is 2.49. The molecule has 0 atom stereocenters. The molecule has 2 fully saturated rings. The van der Waals surface area contributed by atoms with Crippen molar-refractivity contribution in [1.29, 1.82) is 0 Å². The maximum atomic E-state index is 15.0. The van der Waals surface area contributed by atoms with E-state index in [4.69, 9.17) is 11.6 Å². The molecule has 1 saturated carbocycles. The Morgan fingerprint density at radius 2 is 1.71 bits per heavy atom. The number of rotatable bonds is 6. The van der Waals surface area contributed by atoms with Crippen LogP contribution in [-0.4, -0.2) is 66.4 Å². The van der Waals surface area contributed by atoms with Crippen LogP contribution in [-0.2, 0) is 19.9 Å². The number of nitrogens with zero attached hydrogens (tertiary/aromatic N) is 6. The van der Waals surface area contributed by atoms with Crippen LogP contribution in [0.3, 0.4) is 0 Å². The molecular formula is C26H25ClF2N6O4S2. The summed E-state index contributed by atoms with van der Waals surface area (Å²) in [6.07, 6.45) is 3.82. The number of piperazine rings is 1. The van der Waals surface area contributed by atoms with Crippen molar-refractivity contribution >= 4 is 54.1 Å². The molecule has 2 aliphatic rings. The Hall–Kier alpha value is -3.36. The van der Waals surface area contributed by atoms with E-state index >= 15 is 0 Å². The maximum Gasteiger partial charge on any atom is 0.283 e. The second-order valence-electron chi connectivity index (χ2n) is 10.5. The zero-order valence-corrected chi connectivity index (χ0v) is 24.4. The lowest BCUT2D eigenvalue weighted by atomic mass is 10.1. The number of benzene rings is 2. The van der Waals surface area contributed by atoms with Crippen LogP contribution in [0.4, 0.5) is 20.5 Å². The average molecular weight is 623 g/mol. The molecule has 0 N–H and O–H groups in total. The maximum absolute atomic E-state index is 15.0. The largest absolute Gasteiger partial charge is 0.345 e. The van der Waals surface area contributed by atoms with Gasteiger partial charge in [0.1, 0.15) is 10.7 Å². The van der Waals surface area contributed by atoms with Crippen LogP contribution in [0, 0.1) is 11.6 Å². The van der Waals surface area contributed by atoms with E-state index in [-0.39, 0.29) is 11.1 Å². The van der Waals surface area contributed by atoms with Crippen LogP contribution in [0.25, 0.3) is 10.9 Å². The van der Waals surface area contributed by atoms with Crippen molar-refractivity contribution in [3.05, 3.63) is 65.4 Å². The predicted molar refractivity (Wildman–Crippen MR) is 150 cm³/mol. The van der Waals surface area contributed by atoms with Gasteiger partial charge in [-0.1, -0.05) is 17.7 Å². The zero-order valence-electron chi connectivity index (χ0n) is 22.0. The number of hydrogen-bond acceptors (Lipinski definition) is 9. The Balaban J connectivity index is 1.41. The van der Waals surface area contributed by atoms with E-state index in [0.717, 1.165) is 41.5 Å². The third kappa shape index (κ3) is 4.52. The fraction of sp³-hybridized carbons (Fsp3) is 0.346. The molecular weight excluding hydrogens is 598 g/mol. The Kier molecular flexibility index (Phi) is 6.51. The van der Waals surface area contributed by atoms with E-state index in [1.54, 1.807) is 18.2 Å². The summed E-state index contributed by atoms with van der Waals surface area (Å²) in [5.41, 5.74) is -0.184. The van der Waals surface area contributed by atoms with Crippen LogP contribution in [0.1, 0.15) is 26.7 Å². The van der Waals surface area contributed by atoms with Crippen molar-refractivity contribution < 1.29 is 25.6 Å². The van der Waals surface area contributed by atoms with Crippen LogP contribution >= 0.6 is 11.6 Å². The van der Waals surface area contributed by atoms with Gasteiger partial charge < -0.3 is 9.80 Å². The number of hydrogen-bond donors (Lipinski definition) is 0. The standard InChI is InChI=1S/C26H25ClF2N6O4S2/c1-16(2)40(36,37)22-7-6-18(12-20(22)29)41(38,39)35-21-5-3-4-19(27)23(21)24(32-35)34-11-10-33(15-26(34)8-9-26)25-30-13-17(28)14-31-25/h3-7,12-14,16H,8-11,15H2,1-2H3. The second kappa shape index (κ2) is 9.60. The summed E-state index contributed by atoms with van der Waals surface area (Å²) in [6, 6.07) is 7.52. The van der Waals surface area contributed by atoms with Gasteiger partial charge in [-0.25, -0.2) is 27.2 Å². The molecule has 10 nitrogen and oxygen atoms in total. The Labute approximate surface area is 240 Å². The Morgan fingerprint density at radius 1 is 1.00 bits per heavy atom. The van der Waals surface area contributed by atoms with E-state index in [9.17, 15) is 25.6 Å². The summed E-state index contributed by atoms with van der Waals surface area (Å²) in [6.45, 7) is 4.26. The Bertz CT molecular complexity index is 1900. The topological polar surface area (TPSA) is 118 Å². The van der Waals surface area contributed by atoms with Gasteiger partial charge in [-0.2, -0.15) is 12.5 Å². The minimum absolute atomic E-state index is 0.201. The molecule has 6 rings (SSSR count). The molecule has 4 aromatic rings. The SMILES string of the molecule is CC(C)S(=O)(=O)c1ccc(S(=O)(=O)n2nc(N3CCN(c4ncc(F)cn4)CC34CC4)c3c(Cl)cccc32)cc1F. The fourth-order valence-electron chi connectivity index (χ4n) is 5.20. The molecule has 216 valence electrons. The summed E-state index contributed by atoms with van der Waals surface area (Å²) in [5.74, 6) is -0.924. The average Bonchev–Trinajstić information content (AvgIpc) is 3.56. The summed E-state index contributed by atoms with van der Waals surface area (Å²) in [4.78, 5) is 11.2. The number of anilines is 2. The molecule has 3 heterocycles. The lowest BCUT2D eigenvalue weighted by Gasteiger charge is -2.42. The van der Waals surface area contributed by atoms with Gasteiger partial charge in [0.2, 0.25) is 5.95 Å². The minimum atomic E-state index is -4.46. The number of sulfone groups is 1. The quantitative estimate of drug-likeness (QED) is 0.314. The van der Waals surface area contributed by atoms with Crippen LogP contribution < -0.4 is 9.80 Å². The molecule has 0 radical (unpaired) electrons. The van der Waals surface area contributed by atoms with Gasteiger partial charge in [0.15, 0.2) is 21.5 Å². The van der Waals surface area contributed by atoms with E-state index in [1.807, 2.05) is 9.80 Å². The van der Waals surface area contributed by atoms with Gasteiger partial charge in [-0.15, -0.1) is 5.10 Å². The van der Waals surface area contributed by atoms with Gasteiger partial charge in [0.05, 0.1) is 44.0 Å². The highest BCUT2D eigenvalue weighted by atomic mass is 35.5. The van der Waals surface area contributed by atoms with Gasteiger partial charge in [0, 0.05) is 19.6 Å². The van der Waals surface area contributed by atoms with Crippen molar-refractivity contribution in [2.45, 2.75) is 47.3 Å². The van der Waals surface area contributed by atoms with Gasteiger partial charge in [-0.05, 0) is 57.0 Å². The van der Waals surface area contributed by atoms with Crippen molar-refractivity contribution in [2.75, 3.05) is 29.4 Å². The molecule has 2 aromatic carbocycles. The van der Waals surface area contributed by atoms with E-state index < -0.39 is 46.5 Å². The summed E-state index contributed by atoms with van der Waals surface area (Å²) in [5, 5.41) is 4.36. The second-order valence-corrected chi connectivity index (χ2v) is 15.1. The number of aromatic nitrogens is 4. The third-order valence-electron chi connectivity index (χ3n) is 7.59. The smallest absolute Gasteiger partial charge is 0.283 e. The highest BCUT2D eigenvalue weighted by Gasteiger charge is 2.53. The fourth-order valence-corrected chi connectivity index (χ4v) is 7.84. The molecule has 0 amide bonds. The third-order valence-corrected chi connectivity index (χ3v) is 11.7. The molecule has 1 aliphatic carbocycles. The van der Waals surface area contributed by atoms with Crippen LogP contribution in [0.5, 0.6) is 0 Å². The first-order valence-electron chi connectivity index (χ1n) is 12.8. The first-order chi connectivity index (χ1) is 19.3. The van der Waals surface area contributed by atoms with Gasteiger partial charge >= 0.3 is 0 Å². The van der Waals surface area contributed by atoms with Crippen molar-refractivity contribution in [3.8, 4) is 0 Å². The summed E-state index contributed by atoms with van der Waals surface area (Å²) < 4.78 is 81.8. The molecule has 0 bridgehead atoms. The first kappa shape index (κ1) is 27.8. The predicted octanol–water partition coefficient (Wildman–Crippen LogP) is 4.04. The molecule has 1 saturated heterocycles. The normalized spacial score (nSPS) is 17.1. The van der Waals surface area contributed by atoms with Gasteiger partial charge in [-0.3, -0.25) is 0 Å². The molecule has 1 aliphatic heterocycles. The monoisotopic (exact) mass is 622 g/mol. The molecule has 41 heavy (non-hydrogen) atoms. The molecule has 2 aromatic heterocycles. The lowest BCUT2D eigenvalue weighted by molar-refractivity contribution is 0.497. The van der Waals surface area contributed by atoms with Crippen molar-refractivity contribution in [2.24, 2.45) is 0 Å². The van der Waals surface area contributed by atoms with E-state index in [1.165, 1.54) is 13.8 Å². The van der Waals surface area contributed by atoms with Crippen LogP contribution in [0.2, 0.25) is 5.02 Å². The summed E-state index contributed by atoms with van der Waals surface area (Å²) >= 11 is 6.60. The lowest BCUT2D eigenvalue weighted by Crippen LogP contribution is -2.56. The molecule has 1 spiro atoms. The Morgan fingerprint density at radius 3 is 2.34 bits per heavy atom. The van der Waals surface area contributed by atoms with Gasteiger partial charge in [0.25, 0.3) is 10.0 Å². The number of halogens is 3. The first-order valence-corrected chi connectivity index (χ1v) is 16.2. The van der Waals surface area contributed by atoms with E-state index in [0.29, 0.717) is 47.9 Å². The van der Waals surface area contributed by atoms with Crippen molar-refractivity contribution in [1.82, 2.24) is 19.2 Å². The summed E-state index contributed by atoms with van der Waals surface area (Å²) in [7, 11) is -8.43.